The zero-order chi connectivity index (χ0) is 15.7. The van der Waals surface area contributed by atoms with Gasteiger partial charge in [-0.2, -0.15) is 5.26 Å². The predicted molar refractivity (Wildman–Crippen MR) is 85.8 cm³/mol. The Bertz CT molecular complexity index is 930. The second-order valence-electron chi connectivity index (χ2n) is 5.05. The Labute approximate surface area is 128 Å². The molecule has 0 saturated heterocycles. The molecule has 0 aliphatic carbocycles. The molecule has 4 nitrogen and oxygen atoms in total. The topological polar surface area (TPSA) is 69.5 Å². The summed E-state index contributed by atoms with van der Waals surface area (Å²) in [5.74, 6) is 1.08. The lowest BCUT2D eigenvalue weighted by Crippen LogP contribution is -1.86. The molecule has 0 aliphatic rings. The van der Waals surface area contributed by atoms with E-state index in [1.54, 1.807) is 13.0 Å². The molecule has 0 radical (unpaired) electrons. The summed E-state index contributed by atoms with van der Waals surface area (Å²) in [6.45, 7) is 3.62. The molecular formula is C18H14N2O2. The fourth-order valence-electron chi connectivity index (χ4n) is 2.37. The highest BCUT2D eigenvalue weighted by Gasteiger charge is 2.13. The quantitative estimate of drug-likeness (QED) is 0.712. The summed E-state index contributed by atoms with van der Waals surface area (Å²) in [5, 5.41) is 21.2. The maximum absolute atomic E-state index is 10.1. The van der Waals surface area contributed by atoms with Gasteiger partial charge in [0.2, 0.25) is 5.88 Å². The number of aromatic hydroxyl groups is 1. The Morgan fingerprint density at radius 2 is 1.95 bits per heavy atom. The SMILES string of the molecule is Cc1oc(N=Cc2c(O)ccc3ccccc23)c(C#N)c1C. The summed E-state index contributed by atoms with van der Waals surface area (Å²) in [4.78, 5) is 4.27. The van der Waals surface area contributed by atoms with E-state index in [-0.39, 0.29) is 11.6 Å². The highest BCUT2D eigenvalue weighted by atomic mass is 16.4. The van der Waals surface area contributed by atoms with Gasteiger partial charge in [-0.05, 0) is 30.7 Å². The fraction of sp³-hybridized carbons (Fsp3) is 0.111. The number of nitriles is 1. The third kappa shape index (κ3) is 2.23. The van der Waals surface area contributed by atoms with Gasteiger partial charge in [0.25, 0.3) is 0 Å². The van der Waals surface area contributed by atoms with Crippen LogP contribution < -0.4 is 0 Å². The van der Waals surface area contributed by atoms with Crippen LogP contribution in [0.15, 0.2) is 45.8 Å². The van der Waals surface area contributed by atoms with Crippen LogP contribution in [0.25, 0.3) is 10.8 Å². The highest BCUT2D eigenvalue weighted by Crippen LogP contribution is 2.30. The van der Waals surface area contributed by atoms with Crippen LogP contribution in [0.4, 0.5) is 5.88 Å². The van der Waals surface area contributed by atoms with Crippen LogP contribution in [0.1, 0.15) is 22.5 Å². The number of hydrogen-bond acceptors (Lipinski definition) is 4. The van der Waals surface area contributed by atoms with Gasteiger partial charge in [0, 0.05) is 17.3 Å². The molecule has 3 aromatic rings. The first-order chi connectivity index (χ1) is 10.6. The van der Waals surface area contributed by atoms with Crippen LogP contribution in [0.5, 0.6) is 5.75 Å². The highest BCUT2D eigenvalue weighted by molar-refractivity contribution is 6.02. The van der Waals surface area contributed by atoms with Crippen molar-refractivity contribution in [3.63, 3.8) is 0 Å². The van der Waals surface area contributed by atoms with Gasteiger partial charge in [-0.25, -0.2) is 4.99 Å². The fourth-order valence-corrected chi connectivity index (χ4v) is 2.37. The average Bonchev–Trinajstić information content (AvgIpc) is 2.80. The maximum atomic E-state index is 10.1. The Kier molecular flexibility index (Phi) is 3.40. The lowest BCUT2D eigenvalue weighted by molar-refractivity contribution is 0.475. The van der Waals surface area contributed by atoms with Gasteiger partial charge in [0.05, 0.1) is 0 Å². The summed E-state index contributed by atoms with van der Waals surface area (Å²) in [7, 11) is 0. The monoisotopic (exact) mass is 290 g/mol. The maximum Gasteiger partial charge on any atom is 0.237 e. The molecule has 4 heteroatoms. The van der Waals surface area contributed by atoms with Crippen molar-refractivity contribution in [1.29, 1.82) is 5.26 Å². The van der Waals surface area contributed by atoms with Gasteiger partial charge in [-0.1, -0.05) is 30.3 Å². The van der Waals surface area contributed by atoms with E-state index in [2.05, 4.69) is 11.1 Å². The molecule has 3 rings (SSSR count). The molecule has 2 aromatic carbocycles. The number of phenolic OH excluding ortho intramolecular Hbond substituents is 1. The van der Waals surface area contributed by atoms with E-state index in [1.165, 1.54) is 6.21 Å². The number of fused-ring (bicyclic) bond motifs is 1. The third-order valence-corrected chi connectivity index (χ3v) is 3.74. The van der Waals surface area contributed by atoms with Gasteiger partial charge in [-0.15, -0.1) is 0 Å². The van der Waals surface area contributed by atoms with Crippen molar-refractivity contribution >= 4 is 22.9 Å². The smallest absolute Gasteiger partial charge is 0.237 e. The Morgan fingerprint density at radius 1 is 1.18 bits per heavy atom. The van der Waals surface area contributed by atoms with Gasteiger partial charge in [-0.3, -0.25) is 0 Å². The molecular weight excluding hydrogens is 276 g/mol. The van der Waals surface area contributed by atoms with Gasteiger partial charge in [0.1, 0.15) is 23.1 Å². The van der Waals surface area contributed by atoms with Gasteiger partial charge < -0.3 is 9.52 Å². The Morgan fingerprint density at radius 3 is 2.73 bits per heavy atom. The van der Waals surface area contributed by atoms with E-state index < -0.39 is 0 Å². The minimum atomic E-state index is 0.140. The molecule has 1 heterocycles. The average molecular weight is 290 g/mol. The molecule has 0 fully saturated rings. The number of furan rings is 1. The lowest BCUT2D eigenvalue weighted by atomic mass is 10.0. The van der Waals surface area contributed by atoms with E-state index >= 15 is 0 Å². The van der Waals surface area contributed by atoms with Crippen molar-refractivity contribution < 1.29 is 9.52 Å². The summed E-state index contributed by atoms with van der Waals surface area (Å²) in [5.41, 5.74) is 1.82. The zero-order valence-corrected chi connectivity index (χ0v) is 12.3. The van der Waals surface area contributed by atoms with Crippen LogP contribution in [0.3, 0.4) is 0 Å². The first-order valence-corrected chi connectivity index (χ1v) is 6.86. The van der Waals surface area contributed by atoms with E-state index in [4.69, 9.17) is 4.42 Å². The lowest BCUT2D eigenvalue weighted by Gasteiger charge is -2.04. The van der Waals surface area contributed by atoms with E-state index in [1.807, 2.05) is 37.3 Å². The molecule has 0 saturated carbocycles. The second kappa shape index (κ2) is 5.38. The van der Waals surface area contributed by atoms with Crippen molar-refractivity contribution in [2.75, 3.05) is 0 Å². The number of benzene rings is 2. The van der Waals surface area contributed by atoms with Crippen LogP contribution in [0, 0.1) is 25.2 Å². The summed E-state index contributed by atoms with van der Waals surface area (Å²) in [6.07, 6.45) is 1.54. The number of phenols is 1. The van der Waals surface area contributed by atoms with E-state index in [0.29, 0.717) is 16.9 Å². The second-order valence-corrected chi connectivity index (χ2v) is 5.05. The number of rotatable bonds is 2. The summed E-state index contributed by atoms with van der Waals surface area (Å²) >= 11 is 0. The number of nitrogens with zero attached hydrogens (tertiary/aromatic N) is 2. The molecule has 0 unspecified atom stereocenters. The molecule has 0 atom stereocenters. The molecule has 0 amide bonds. The molecule has 0 spiro atoms. The van der Waals surface area contributed by atoms with Gasteiger partial charge >= 0.3 is 0 Å². The zero-order valence-electron chi connectivity index (χ0n) is 12.3. The van der Waals surface area contributed by atoms with Crippen molar-refractivity contribution in [2.45, 2.75) is 13.8 Å². The molecule has 1 aromatic heterocycles. The van der Waals surface area contributed by atoms with Crippen LogP contribution in [-0.2, 0) is 0 Å². The van der Waals surface area contributed by atoms with Crippen molar-refractivity contribution in [3.8, 4) is 11.8 Å². The van der Waals surface area contributed by atoms with Gasteiger partial charge in [0.15, 0.2) is 0 Å². The van der Waals surface area contributed by atoms with Crippen LogP contribution >= 0.6 is 0 Å². The Hall–Kier alpha value is -3.06. The molecule has 1 N–H and O–H groups in total. The largest absolute Gasteiger partial charge is 0.507 e. The number of aryl methyl sites for hydroxylation is 1. The van der Waals surface area contributed by atoms with Crippen molar-refractivity contribution in [3.05, 3.63) is 58.8 Å². The summed E-state index contributed by atoms with van der Waals surface area (Å²) < 4.78 is 5.51. The van der Waals surface area contributed by atoms with E-state index in [9.17, 15) is 10.4 Å². The third-order valence-electron chi connectivity index (χ3n) is 3.74. The molecule has 22 heavy (non-hydrogen) atoms. The first kappa shape index (κ1) is 13.9. The van der Waals surface area contributed by atoms with Crippen LogP contribution in [0.2, 0.25) is 0 Å². The summed E-state index contributed by atoms with van der Waals surface area (Å²) in [6, 6.07) is 13.3. The Balaban J connectivity index is 2.13. The van der Waals surface area contributed by atoms with Crippen molar-refractivity contribution in [1.82, 2.24) is 0 Å². The molecule has 108 valence electrons. The minimum absolute atomic E-state index is 0.140. The predicted octanol–water partition coefficient (Wildman–Crippen LogP) is 4.38. The number of hydrogen-bond donors (Lipinski definition) is 1. The van der Waals surface area contributed by atoms with E-state index in [0.717, 1.165) is 16.3 Å². The normalized spacial score (nSPS) is 11.1. The number of aliphatic imine (C=N–C) groups is 1. The first-order valence-electron chi connectivity index (χ1n) is 6.86. The van der Waals surface area contributed by atoms with Crippen LogP contribution in [-0.4, -0.2) is 11.3 Å². The molecule has 0 bridgehead atoms. The molecule has 0 aliphatic heterocycles. The standard InChI is InChI=1S/C18H14N2O2/c1-11-12(2)22-18(15(11)9-19)20-10-16-14-6-4-3-5-13(14)7-8-17(16)21/h3-8,10,21H,1-2H3. The minimum Gasteiger partial charge on any atom is -0.507 e. The van der Waals surface area contributed by atoms with Crippen molar-refractivity contribution in [2.24, 2.45) is 4.99 Å².